The van der Waals surface area contributed by atoms with Crippen LogP contribution in [0.15, 0.2) is 0 Å². The number of ketones is 1. The van der Waals surface area contributed by atoms with Crippen molar-refractivity contribution in [2.45, 2.75) is 65.5 Å². The molecule has 1 heterocycles. The fourth-order valence-electron chi connectivity index (χ4n) is 1.89. The molecule has 0 aliphatic carbocycles. The smallest absolute Gasteiger partial charge is 0.149 e. The minimum atomic E-state index is -0.522. The van der Waals surface area contributed by atoms with E-state index in [-0.39, 0.29) is 6.04 Å². The van der Waals surface area contributed by atoms with E-state index in [0.717, 1.165) is 25.9 Å². The van der Waals surface area contributed by atoms with E-state index in [4.69, 9.17) is 0 Å². The van der Waals surface area contributed by atoms with Crippen LogP contribution in [0.3, 0.4) is 0 Å². The number of carbonyl (C=O) groups excluding carboxylic acids is 1. The Morgan fingerprint density at radius 1 is 1.38 bits per heavy atom. The molecule has 0 amide bonds. The van der Waals surface area contributed by atoms with Gasteiger partial charge in [-0.05, 0) is 26.7 Å². The van der Waals surface area contributed by atoms with Gasteiger partial charge < -0.3 is 5.11 Å². The first-order valence-electron chi connectivity index (χ1n) is 6.45. The third kappa shape index (κ3) is 4.62. The fraction of sp³-hybridized carbons (Fsp3) is 0.923. The average Bonchev–Trinajstić information content (AvgIpc) is 2.30. The molecular formula is C13H27NO2. The number of Topliss-reactive ketones (excluding diaryl/α,β-unsaturated/α-hetero) is 1. The molecule has 0 saturated carbocycles. The van der Waals surface area contributed by atoms with Gasteiger partial charge in [0.05, 0.1) is 11.6 Å². The summed E-state index contributed by atoms with van der Waals surface area (Å²) in [5, 5.41) is 9.76. The molecule has 3 nitrogen and oxygen atoms in total. The topological polar surface area (TPSA) is 40.5 Å². The van der Waals surface area contributed by atoms with E-state index in [2.05, 4.69) is 4.90 Å². The predicted octanol–water partition coefficient (Wildman–Crippen LogP) is 2.23. The van der Waals surface area contributed by atoms with Crippen LogP contribution in [0, 0.1) is 0 Å². The number of likely N-dealkylation sites (tertiary alicyclic amines) is 1. The Morgan fingerprint density at radius 3 is 2.19 bits per heavy atom. The molecule has 3 heteroatoms. The van der Waals surface area contributed by atoms with Gasteiger partial charge in [-0.2, -0.15) is 0 Å². The number of hydrogen-bond donors (Lipinski definition) is 1. The van der Waals surface area contributed by atoms with E-state index in [0.29, 0.717) is 12.2 Å². The van der Waals surface area contributed by atoms with Crippen LogP contribution in [-0.4, -0.2) is 40.5 Å². The second-order valence-corrected chi connectivity index (χ2v) is 4.53. The Labute approximate surface area is 99.8 Å². The summed E-state index contributed by atoms with van der Waals surface area (Å²) in [6.07, 6.45) is 2.15. The number of nitrogens with zero attached hydrogens (tertiary/aromatic N) is 1. The molecule has 0 aromatic carbocycles. The SMILES string of the molecule is CC.CCC(=O)C(C)N1CCC(C)(O)CC1. The molecule has 0 spiro atoms. The Bertz CT molecular complexity index is 204. The summed E-state index contributed by atoms with van der Waals surface area (Å²) in [4.78, 5) is 13.6. The van der Waals surface area contributed by atoms with E-state index in [9.17, 15) is 9.90 Å². The Balaban J connectivity index is 0.00000106. The molecule has 1 saturated heterocycles. The van der Waals surface area contributed by atoms with Gasteiger partial charge in [0.2, 0.25) is 0 Å². The van der Waals surface area contributed by atoms with Crippen molar-refractivity contribution in [3.05, 3.63) is 0 Å². The molecule has 1 fully saturated rings. The Morgan fingerprint density at radius 2 is 1.81 bits per heavy atom. The lowest BCUT2D eigenvalue weighted by Crippen LogP contribution is -2.48. The van der Waals surface area contributed by atoms with Crippen molar-refractivity contribution >= 4 is 5.78 Å². The lowest BCUT2D eigenvalue weighted by atomic mass is 9.92. The summed E-state index contributed by atoms with van der Waals surface area (Å²) >= 11 is 0. The van der Waals surface area contributed by atoms with Crippen molar-refractivity contribution in [1.82, 2.24) is 4.90 Å². The second kappa shape index (κ2) is 7.02. The maximum absolute atomic E-state index is 11.5. The summed E-state index contributed by atoms with van der Waals surface area (Å²) in [5.74, 6) is 0.298. The molecular weight excluding hydrogens is 202 g/mol. The van der Waals surface area contributed by atoms with Gasteiger partial charge in [-0.25, -0.2) is 0 Å². The number of carbonyl (C=O) groups is 1. The van der Waals surface area contributed by atoms with Crippen molar-refractivity contribution in [2.24, 2.45) is 0 Å². The molecule has 0 aromatic heterocycles. The number of piperidine rings is 1. The van der Waals surface area contributed by atoms with Crippen LogP contribution < -0.4 is 0 Å². The molecule has 0 radical (unpaired) electrons. The zero-order valence-corrected chi connectivity index (χ0v) is 11.4. The van der Waals surface area contributed by atoms with Gasteiger partial charge in [-0.15, -0.1) is 0 Å². The Hall–Kier alpha value is -0.410. The van der Waals surface area contributed by atoms with Gasteiger partial charge in [0.25, 0.3) is 0 Å². The monoisotopic (exact) mass is 229 g/mol. The first kappa shape index (κ1) is 15.6. The van der Waals surface area contributed by atoms with Crippen molar-refractivity contribution in [1.29, 1.82) is 0 Å². The largest absolute Gasteiger partial charge is 0.390 e. The zero-order chi connectivity index (χ0) is 12.8. The molecule has 0 bridgehead atoms. The van der Waals surface area contributed by atoms with Crippen molar-refractivity contribution in [2.75, 3.05) is 13.1 Å². The highest BCUT2D eigenvalue weighted by Crippen LogP contribution is 2.22. The van der Waals surface area contributed by atoms with E-state index >= 15 is 0 Å². The molecule has 1 aliphatic heterocycles. The van der Waals surface area contributed by atoms with Gasteiger partial charge >= 0.3 is 0 Å². The van der Waals surface area contributed by atoms with Crippen LogP contribution in [0.5, 0.6) is 0 Å². The third-order valence-electron chi connectivity index (χ3n) is 3.24. The first-order chi connectivity index (χ1) is 7.46. The van der Waals surface area contributed by atoms with Crippen molar-refractivity contribution in [3.8, 4) is 0 Å². The van der Waals surface area contributed by atoms with Gasteiger partial charge in [-0.1, -0.05) is 20.8 Å². The average molecular weight is 229 g/mol. The van der Waals surface area contributed by atoms with E-state index < -0.39 is 5.60 Å². The number of rotatable bonds is 3. The zero-order valence-electron chi connectivity index (χ0n) is 11.4. The summed E-state index contributed by atoms with van der Waals surface area (Å²) in [6, 6.07) is 0.0242. The van der Waals surface area contributed by atoms with Crippen LogP contribution in [-0.2, 0) is 4.79 Å². The molecule has 16 heavy (non-hydrogen) atoms. The molecule has 1 N–H and O–H groups in total. The minimum absolute atomic E-state index is 0.0242. The summed E-state index contributed by atoms with van der Waals surface area (Å²) < 4.78 is 0. The highest BCUT2D eigenvalue weighted by Gasteiger charge is 2.30. The first-order valence-corrected chi connectivity index (χ1v) is 6.45. The number of hydrogen-bond acceptors (Lipinski definition) is 3. The number of aliphatic hydroxyl groups is 1. The maximum atomic E-state index is 11.5. The summed E-state index contributed by atoms with van der Waals surface area (Å²) in [6.45, 7) is 11.4. The van der Waals surface area contributed by atoms with E-state index in [1.54, 1.807) is 0 Å². The third-order valence-corrected chi connectivity index (χ3v) is 3.24. The van der Waals surface area contributed by atoms with Crippen LogP contribution in [0.2, 0.25) is 0 Å². The van der Waals surface area contributed by atoms with Gasteiger partial charge in [0, 0.05) is 19.5 Å². The normalized spacial score (nSPS) is 21.9. The molecule has 1 aliphatic rings. The molecule has 1 rings (SSSR count). The van der Waals surface area contributed by atoms with Gasteiger partial charge in [0.1, 0.15) is 5.78 Å². The molecule has 1 atom stereocenters. The Kier molecular flexibility index (Phi) is 6.84. The molecule has 1 unspecified atom stereocenters. The highest BCUT2D eigenvalue weighted by atomic mass is 16.3. The summed E-state index contributed by atoms with van der Waals surface area (Å²) in [5.41, 5.74) is -0.522. The minimum Gasteiger partial charge on any atom is -0.390 e. The van der Waals surface area contributed by atoms with Crippen LogP contribution >= 0.6 is 0 Å². The maximum Gasteiger partial charge on any atom is 0.149 e. The van der Waals surface area contributed by atoms with Crippen molar-refractivity contribution in [3.63, 3.8) is 0 Å². The van der Waals surface area contributed by atoms with Crippen LogP contribution in [0.25, 0.3) is 0 Å². The van der Waals surface area contributed by atoms with Gasteiger partial charge in [0.15, 0.2) is 0 Å². The lowest BCUT2D eigenvalue weighted by Gasteiger charge is -2.38. The summed E-state index contributed by atoms with van der Waals surface area (Å²) in [7, 11) is 0. The lowest BCUT2D eigenvalue weighted by molar-refractivity contribution is -0.125. The molecule has 96 valence electrons. The predicted molar refractivity (Wildman–Crippen MR) is 67.5 cm³/mol. The standard InChI is InChI=1S/C11H21NO2.C2H6/c1-4-10(13)9(2)12-7-5-11(3,14)6-8-12;1-2/h9,14H,4-8H2,1-3H3;1-2H3. The van der Waals surface area contributed by atoms with Crippen molar-refractivity contribution < 1.29 is 9.90 Å². The highest BCUT2D eigenvalue weighted by molar-refractivity contribution is 5.83. The van der Waals surface area contributed by atoms with Crippen LogP contribution in [0.4, 0.5) is 0 Å². The van der Waals surface area contributed by atoms with E-state index in [1.807, 2.05) is 34.6 Å². The quantitative estimate of drug-likeness (QED) is 0.806. The van der Waals surface area contributed by atoms with E-state index in [1.165, 1.54) is 0 Å². The van der Waals surface area contributed by atoms with Crippen LogP contribution in [0.1, 0.15) is 53.9 Å². The van der Waals surface area contributed by atoms with Gasteiger partial charge in [-0.3, -0.25) is 9.69 Å². The molecule has 0 aromatic rings. The fourth-order valence-corrected chi connectivity index (χ4v) is 1.89. The second-order valence-electron chi connectivity index (χ2n) is 4.53.